The van der Waals surface area contributed by atoms with Gasteiger partial charge >= 0.3 is 0 Å². The van der Waals surface area contributed by atoms with E-state index in [4.69, 9.17) is 10.00 Å². The monoisotopic (exact) mass is 262 g/mol. The Morgan fingerprint density at radius 3 is 2.60 bits per heavy atom. The van der Waals surface area contributed by atoms with Gasteiger partial charge in [0.25, 0.3) is 0 Å². The lowest BCUT2D eigenvalue weighted by atomic mass is 10.1. The molecule has 0 spiro atoms. The molecule has 96 valence electrons. The summed E-state index contributed by atoms with van der Waals surface area (Å²) < 4.78 is 5.77. The van der Waals surface area contributed by atoms with E-state index in [2.05, 4.69) is 4.98 Å². The zero-order valence-corrected chi connectivity index (χ0v) is 10.5. The number of benzene rings is 2. The number of nitrogens with one attached hydrogen (secondary N) is 1. The molecule has 0 unspecified atom stereocenters. The molecular weight excluding hydrogens is 252 g/mol. The van der Waals surface area contributed by atoms with Crippen LogP contribution in [0, 0.1) is 11.3 Å². The number of fused-ring (bicyclic) bond motifs is 1. The Morgan fingerprint density at radius 2 is 1.85 bits per heavy atom. The maximum absolute atomic E-state index is 12.1. The van der Waals surface area contributed by atoms with Gasteiger partial charge in [-0.1, -0.05) is 24.3 Å². The van der Waals surface area contributed by atoms with Crippen LogP contribution in [0.3, 0.4) is 0 Å². The van der Waals surface area contributed by atoms with Crippen molar-refractivity contribution in [2.24, 2.45) is 0 Å². The zero-order valence-electron chi connectivity index (χ0n) is 10.5. The summed E-state index contributed by atoms with van der Waals surface area (Å²) >= 11 is 0. The molecule has 0 radical (unpaired) electrons. The van der Waals surface area contributed by atoms with Gasteiger partial charge in [0, 0.05) is 6.20 Å². The lowest BCUT2D eigenvalue weighted by Crippen LogP contribution is -2.07. The molecule has 4 heteroatoms. The molecule has 0 aliphatic rings. The van der Waals surface area contributed by atoms with Crippen LogP contribution in [0.2, 0.25) is 0 Å². The molecule has 0 aliphatic heterocycles. The van der Waals surface area contributed by atoms with Crippen molar-refractivity contribution in [3.05, 3.63) is 70.5 Å². The van der Waals surface area contributed by atoms with E-state index < -0.39 is 0 Å². The van der Waals surface area contributed by atoms with Crippen molar-refractivity contribution in [2.45, 2.75) is 0 Å². The van der Waals surface area contributed by atoms with Gasteiger partial charge in [0.15, 0.2) is 5.75 Å². The molecule has 1 aromatic heterocycles. The van der Waals surface area contributed by atoms with Crippen molar-refractivity contribution in [3.8, 4) is 17.6 Å². The second kappa shape index (κ2) is 4.90. The minimum atomic E-state index is -0.292. The largest absolute Gasteiger partial charge is 0.455 e. The fourth-order valence-electron chi connectivity index (χ4n) is 2.01. The summed E-state index contributed by atoms with van der Waals surface area (Å²) in [6.07, 6.45) is 1.41. The molecule has 0 aliphatic carbocycles. The molecule has 0 bridgehead atoms. The molecule has 4 nitrogen and oxygen atoms in total. The van der Waals surface area contributed by atoms with E-state index in [1.807, 2.05) is 36.4 Å². The number of hydrogen-bond donors (Lipinski definition) is 1. The van der Waals surface area contributed by atoms with Crippen LogP contribution in [-0.2, 0) is 0 Å². The van der Waals surface area contributed by atoms with Gasteiger partial charge in [0.05, 0.1) is 10.9 Å². The number of rotatable bonds is 2. The van der Waals surface area contributed by atoms with Crippen LogP contribution in [0.4, 0.5) is 0 Å². The fourth-order valence-corrected chi connectivity index (χ4v) is 2.01. The molecule has 0 saturated heterocycles. The summed E-state index contributed by atoms with van der Waals surface area (Å²) in [4.78, 5) is 15.0. The summed E-state index contributed by atoms with van der Waals surface area (Å²) in [5.74, 6) is 1.24. The molecule has 1 heterocycles. The molecule has 3 rings (SSSR count). The summed E-state index contributed by atoms with van der Waals surface area (Å²) in [7, 11) is 0. The summed E-state index contributed by atoms with van der Waals surface area (Å²) in [6, 6.07) is 16.4. The van der Waals surface area contributed by atoms with Crippen molar-refractivity contribution in [1.29, 1.82) is 5.26 Å². The van der Waals surface area contributed by atoms with Crippen LogP contribution in [-0.4, -0.2) is 4.98 Å². The lowest BCUT2D eigenvalue weighted by Gasteiger charge is -2.08. The average Bonchev–Trinajstić information content (AvgIpc) is 2.49. The van der Waals surface area contributed by atoms with Crippen molar-refractivity contribution in [2.75, 3.05) is 0 Å². The van der Waals surface area contributed by atoms with Gasteiger partial charge in [-0.2, -0.15) is 5.26 Å². The zero-order chi connectivity index (χ0) is 13.9. The number of para-hydroxylation sites is 2. The van der Waals surface area contributed by atoms with Crippen LogP contribution < -0.4 is 10.2 Å². The normalized spacial score (nSPS) is 10.2. The Balaban J connectivity index is 2.16. The Bertz CT molecular complexity index is 861. The SMILES string of the molecule is N#Cc1c[nH]c2c(Oc3ccccc3)cccc2c1=O. The molecule has 0 amide bonds. The van der Waals surface area contributed by atoms with E-state index in [9.17, 15) is 4.79 Å². The average molecular weight is 262 g/mol. The Kier molecular flexibility index (Phi) is 2.94. The van der Waals surface area contributed by atoms with E-state index in [0.717, 1.165) is 0 Å². The van der Waals surface area contributed by atoms with Gasteiger partial charge < -0.3 is 9.72 Å². The highest BCUT2D eigenvalue weighted by molar-refractivity contribution is 5.85. The molecule has 0 saturated carbocycles. The van der Waals surface area contributed by atoms with Crippen molar-refractivity contribution < 1.29 is 4.74 Å². The third kappa shape index (κ3) is 2.02. The van der Waals surface area contributed by atoms with E-state index in [1.165, 1.54) is 6.20 Å². The highest BCUT2D eigenvalue weighted by Gasteiger charge is 2.09. The summed E-state index contributed by atoms with van der Waals surface area (Å²) in [6.45, 7) is 0. The number of hydrogen-bond acceptors (Lipinski definition) is 3. The predicted molar refractivity (Wildman–Crippen MR) is 75.8 cm³/mol. The number of nitriles is 1. The number of ether oxygens (including phenoxy) is 1. The first kappa shape index (κ1) is 12.0. The Hall–Kier alpha value is -3.06. The van der Waals surface area contributed by atoms with Crippen LogP contribution in [0.15, 0.2) is 59.5 Å². The van der Waals surface area contributed by atoms with Crippen molar-refractivity contribution in [3.63, 3.8) is 0 Å². The second-order valence-corrected chi connectivity index (χ2v) is 4.24. The van der Waals surface area contributed by atoms with Crippen molar-refractivity contribution in [1.82, 2.24) is 4.98 Å². The topological polar surface area (TPSA) is 65.9 Å². The van der Waals surface area contributed by atoms with Crippen LogP contribution in [0.25, 0.3) is 10.9 Å². The van der Waals surface area contributed by atoms with Crippen LogP contribution in [0.5, 0.6) is 11.5 Å². The minimum absolute atomic E-state index is 0.0920. The van der Waals surface area contributed by atoms with E-state index in [0.29, 0.717) is 22.4 Å². The number of nitrogens with zero attached hydrogens (tertiary/aromatic N) is 1. The Labute approximate surface area is 114 Å². The summed E-state index contributed by atoms with van der Waals surface area (Å²) in [5, 5.41) is 9.32. The number of pyridine rings is 1. The van der Waals surface area contributed by atoms with E-state index in [-0.39, 0.29) is 11.0 Å². The molecule has 1 N–H and O–H groups in total. The van der Waals surface area contributed by atoms with Gasteiger partial charge in [-0.15, -0.1) is 0 Å². The highest BCUT2D eigenvalue weighted by atomic mass is 16.5. The predicted octanol–water partition coefficient (Wildman–Crippen LogP) is 3.19. The van der Waals surface area contributed by atoms with Gasteiger partial charge in [-0.05, 0) is 24.3 Å². The lowest BCUT2D eigenvalue weighted by molar-refractivity contribution is 0.487. The number of aromatic nitrogens is 1. The quantitative estimate of drug-likeness (QED) is 0.771. The molecule has 20 heavy (non-hydrogen) atoms. The molecular formula is C16H10N2O2. The van der Waals surface area contributed by atoms with Gasteiger partial charge in [0.2, 0.25) is 5.43 Å². The second-order valence-electron chi connectivity index (χ2n) is 4.24. The van der Waals surface area contributed by atoms with Gasteiger partial charge in [0.1, 0.15) is 17.4 Å². The van der Waals surface area contributed by atoms with Crippen LogP contribution >= 0.6 is 0 Å². The Morgan fingerprint density at radius 1 is 1.05 bits per heavy atom. The smallest absolute Gasteiger partial charge is 0.207 e. The fraction of sp³-hybridized carbons (Fsp3) is 0. The maximum atomic E-state index is 12.1. The molecule has 0 fully saturated rings. The third-order valence-corrected chi connectivity index (χ3v) is 2.97. The molecule has 3 aromatic rings. The maximum Gasteiger partial charge on any atom is 0.207 e. The highest BCUT2D eigenvalue weighted by Crippen LogP contribution is 2.26. The van der Waals surface area contributed by atoms with Crippen molar-refractivity contribution >= 4 is 10.9 Å². The molecule has 2 aromatic carbocycles. The third-order valence-electron chi connectivity index (χ3n) is 2.97. The first-order valence-corrected chi connectivity index (χ1v) is 6.07. The standard InChI is InChI=1S/C16H10N2O2/c17-9-11-10-18-15-13(16(11)19)7-4-8-14(15)20-12-5-2-1-3-6-12/h1-8,10H,(H,18,19). The molecule has 0 atom stereocenters. The van der Waals surface area contributed by atoms with Gasteiger partial charge in [-0.3, -0.25) is 4.79 Å². The number of aromatic amines is 1. The number of H-pyrrole nitrogens is 1. The van der Waals surface area contributed by atoms with Gasteiger partial charge in [-0.25, -0.2) is 0 Å². The first-order chi connectivity index (χ1) is 9.79. The summed E-state index contributed by atoms with van der Waals surface area (Å²) in [5.41, 5.74) is 0.384. The van der Waals surface area contributed by atoms with E-state index in [1.54, 1.807) is 18.2 Å². The van der Waals surface area contributed by atoms with E-state index >= 15 is 0 Å². The first-order valence-electron chi connectivity index (χ1n) is 6.07. The van der Waals surface area contributed by atoms with Crippen LogP contribution in [0.1, 0.15) is 5.56 Å². The minimum Gasteiger partial charge on any atom is -0.455 e.